The fraction of sp³-hybridized carbons (Fsp3) is 0.824. The molecular formula is C17H34IN3O. The number of halogens is 1. The van der Waals surface area contributed by atoms with Crippen LogP contribution in [0.3, 0.4) is 0 Å². The molecule has 1 aliphatic carbocycles. The summed E-state index contributed by atoms with van der Waals surface area (Å²) in [6.07, 6.45) is 9.50. The molecule has 0 saturated heterocycles. The molecule has 0 amide bonds. The number of nitrogens with zero attached hydrogens (tertiary/aromatic N) is 2. The molecule has 1 rings (SSSR count). The highest BCUT2D eigenvalue weighted by atomic mass is 127. The lowest BCUT2D eigenvalue weighted by Crippen LogP contribution is -2.39. The van der Waals surface area contributed by atoms with Crippen LogP contribution in [0.2, 0.25) is 0 Å². The van der Waals surface area contributed by atoms with E-state index in [-0.39, 0.29) is 24.0 Å². The molecule has 1 N–H and O–H groups in total. The van der Waals surface area contributed by atoms with E-state index < -0.39 is 0 Å². The molecule has 0 aliphatic heterocycles. The Hall–Kier alpha value is -0.300. The smallest absolute Gasteiger partial charge is 0.193 e. The summed E-state index contributed by atoms with van der Waals surface area (Å²) >= 11 is 0. The van der Waals surface area contributed by atoms with Gasteiger partial charge in [0, 0.05) is 26.7 Å². The van der Waals surface area contributed by atoms with Crippen molar-refractivity contribution in [1.29, 1.82) is 0 Å². The Morgan fingerprint density at radius 3 is 2.77 bits per heavy atom. The first-order chi connectivity index (χ1) is 10.3. The largest absolute Gasteiger partial charge is 0.379 e. The van der Waals surface area contributed by atoms with E-state index in [2.05, 4.69) is 35.8 Å². The van der Waals surface area contributed by atoms with Gasteiger partial charge in [-0.3, -0.25) is 4.99 Å². The molecule has 0 aromatic rings. The Morgan fingerprint density at radius 2 is 2.14 bits per heavy atom. The first kappa shape index (κ1) is 21.7. The molecule has 1 saturated carbocycles. The van der Waals surface area contributed by atoms with Crippen LogP contribution < -0.4 is 5.32 Å². The van der Waals surface area contributed by atoms with Crippen molar-refractivity contribution >= 4 is 29.9 Å². The van der Waals surface area contributed by atoms with Crippen LogP contribution in [0, 0.1) is 5.92 Å². The second-order valence-corrected chi connectivity index (χ2v) is 5.81. The number of hydrogen-bond acceptors (Lipinski definition) is 2. The van der Waals surface area contributed by atoms with Gasteiger partial charge in [0.05, 0.1) is 13.2 Å². The quantitative estimate of drug-likeness (QED) is 0.171. The van der Waals surface area contributed by atoms with Gasteiger partial charge in [-0.25, -0.2) is 0 Å². The van der Waals surface area contributed by atoms with Crippen LogP contribution in [0.25, 0.3) is 0 Å². The van der Waals surface area contributed by atoms with Gasteiger partial charge in [0.25, 0.3) is 0 Å². The third-order valence-electron chi connectivity index (χ3n) is 3.65. The van der Waals surface area contributed by atoms with Crippen LogP contribution in [0.15, 0.2) is 17.6 Å². The maximum absolute atomic E-state index is 5.63. The monoisotopic (exact) mass is 423 g/mol. The zero-order chi connectivity index (χ0) is 15.3. The number of nitrogens with one attached hydrogen (secondary N) is 1. The summed E-state index contributed by atoms with van der Waals surface area (Å²) in [5.41, 5.74) is 0. The molecule has 0 bridgehead atoms. The molecule has 0 radical (unpaired) electrons. The number of rotatable bonds is 12. The molecule has 0 aromatic heterocycles. The van der Waals surface area contributed by atoms with E-state index in [1.54, 1.807) is 0 Å². The van der Waals surface area contributed by atoms with Crippen LogP contribution in [-0.4, -0.2) is 50.8 Å². The van der Waals surface area contributed by atoms with E-state index in [1.165, 1.54) is 32.1 Å². The fourth-order valence-electron chi connectivity index (χ4n) is 2.14. The topological polar surface area (TPSA) is 36.9 Å². The average Bonchev–Trinajstić information content (AvgIpc) is 3.29. The summed E-state index contributed by atoms with van der Waals surface area (Å²) in [5.74, 6) is 1.83. The van der Waals surface area contributed by atoms with Gasteiger partial charge in [0.2, 0.25) is 0 Å². The highest BCUT2D eigenvalue weighted by Gasteiger charge is 2.20. The van der Waals surface area contributed by atoms with E-state index in [0.717, 1.165) is 51.1 Å². The lowest BCUT2D eigenvalue weighted by Gasteiger charge is -2.22. The summed E-state index contributed by atoms with van der Waals surface area (Å²) in [6, 6.07) is 0. The van der Waals surface area contributed by atoms with Gasteiger partial charge < -0.3 is 15.0 Å². The van der Waals surface area contributed by atoms with Gasteiger partial charge in [-0.15, -0.1) is 30.6 Å². The third-order valence-corrected chi connectivity index (χ3v) is 3.65. The lowest BCUT2D eigenvalue weighted by atomic mass is 10.2. The molecular weight excluding hydrogens is 389 g/mol. The van der Waals surface area contributed by atoms with Crippen molar-refractivity contribution in [3.05, 3.63) is 12.7 Å². The van der Waals surface area contributed by atoms with E-state index >= 15 is 0 Å². The Kier molecular flexibility index (Phi) is 14.1. The summed E-state index contributed by atoms with van der Waals surface area (Å²) in [5, 5.41) is 3.35. The average molecular weight is 423 g/mol. The minimum Gasteiger partial charge on any atom is -0.379 e. The number of allylic oxidation sites excluding steroid dienone is 1. The van der Waals surface area contributed by atoms with Crippen LogP contribution in [0.5, 0.6) is 0 Å². The number of aliphatic imine (C=N–C) groups is 1. The molecule has 0 heterocycles. The fourth-order valence-corrected chi connectivity index (χ4v) is 2.14. The SMILES string of the molecule is C=CCCCCCN(C)C(=NCCOCC1CC1)NCC.I. The third kappa shape index (κ3) is 11.3. The molecule has 1 aliphatic rings. The van der Waals surface area contributed by atoms with E-state index in [0.29, 0.717) is 0 Å². The molecule has 4 nitrogen and oxygen atoms in total. The molecule has 0 unspecified atom stereocenters. The number of ether oxygens (including phenoxy) is 1. The molecule has 0 atom stereocenters. The lowest BCUT2D eigenvalue weighted by molar-refractivity contribution is 0.131. The van der Waals surface area contributed by atoms with Gasteiger partial charge in [-0.05, 0) is 44.9 Å². The normalized spacial score (nSPS) is 14.4. The summed E-state index contributed by atoms with van der Waals surface area (Å²) < 4.78 is 5.63. The Bertz CT molecular complexity index is 306. The van der Waals surface area contributed by atoms with E-state index in [4.69, 9.17) is 4.74 Å². The van der Waals surface area contributed by atoms with Crippen molar-refractivity contribution < 1.29 is 4.74 Å². The predicted molar refractivity (Wildman–Crippen MR) is 106 cm³/mol. The summed E-state index contributed by atoms with van der Waals surface area (Å²) in [4.78, 5) is 6.86. The second-order valence-electron chi connectivity index (χ2n) is 5.81. The van der Waals surface area contributed by atoms with E-state index in [1.807, 2.05) is 6.08 Å². The van der Waals surface area contributed by atoms with Crippen molar-refractivity contribution in [1.82, 2.24) is 10.2 Å². The first-order valence-electron chi connectivity index (χ1n) is 8.46. The van der Waals surface area contributed by atoms with Gasteiger partial charge in [-0.1, -0.05) is 12.5 Å². The minimum absolute atomic E-state index is 0. The highest BCUT2D eigenvalue weighted by molar-refractivity contribution is 14.0. The molecule has 1 fully saturated rings. The minimum atomic E-state index is 0. The summed E-state index contributed by atoms with van der Waals surface area (Å²) in [7, 11) is 2.11. The van der Waals surface area contributed by atoms with Crippen LogP contribution >= 0.6 is 24.0 Å². The Labute approximate surface area is 153 Å². The van der Waals surface area contributed by atoms with Gasteiger partial charge in [0.15, 0.2) is 5.96 Å². The number of hydrogen-bond donors (Lipinski definition) is 1. The second kappa shape index (κ2) is 14.3. The number of guanidine groups is 1. The zero-order valence-electron chi connectivity index (χ0n) is 14.4. The van der Waals surface area contributed by atoms with Crippen molar-refractivity contribution in [3.63, 3.8) is 0 Å². The molecule has 0 spiro atoms. The van der Waals surface area contributed by atoms with Crippen molar-refractivity contribution in [2.24, 2.45) is 10.9 Å². The maximum Gasteiger partial charge on any atom is 0.193 e. The predicted octanol–water partition coefficient (Wildman–Crippen LogP) is 3.67. The van der Waals surface area contributed by atoms with Gasteiger partial charge >= 0.3 is 0 Å². The summed E-state index contributed by atoms with van der Waals surface area (Å²) in [6.45, 7) is 10.2. The van der Waals surface area contributed by atoms with Crippen molar-refractivity contribution in [2.45, 2.75) is 45.4 Å². The zero-order valence-corrected chi connectivity index (χ0v) is 16.7. The van der Waals surface area contributed by atoms with Gasteiger partial charge in [-0.2, -0.15) is 0 Å². The highest BCUT2D eigenvalue weighted by Crippen LogP contribution is 2.28. The number of unbranched alkanes of at least 4 members (excludes halogenated alkanes) is 3. The molecule has 5 heteroatoms. The van der Waals surface area contributed by atoms with Crippen LogP contribution in [-0.2, 0) is 4.74 Å². The maximum atomic E-state index is 5.63. The Balaban J connectivity index is 0.00000441. The van der Waals surface area contributed by atoms with Crippen LogP contribution in [0.1, 0.15) is 45.4 Å². The van der Waals surface area contributed by atoms with Crippen molar-refractivity contribution in [3.8, 4) is 0 Å². The molecule has 0 aromatic carbocycles. The van der Waals surface area contributed by atoms with Crippen LogP contribution in [0.4, 0.5) is 0 Å². The molecule has 130 valence electrons. The van der Waals surface area contributed by atoms with Crippen molar-refractivity contribution in [2.75, 3.05) is 39.9 Å². The Morgan fingerprint density at radius 1 is 1.36 bits per heavy atom. The molecule has 22 heavy (non-hydrogen) atoms. The van der Waals surface area contributed by atoms with E-state index in [9.17, 15) is 0 Å². The first-order valence-corrected chi connectivity index (χ1v) is 8.46. The standard InChI is InChI=1S/C17H33N3O.HI/c1-4-6-7-8-9-13-20(3)17(18-5-2)19-12-14-21-15-16-10-11-16;/h4,16H,1,5-15H2,2-3H3,(H,18,19);1H. The van der Waals surface area contributed by atoms with Gasteiger partial charge in [0.1, 0.15) is 0 Å².